The largest absolute Gasteiger partial charge is 0.490 e. The van der Waals surface area contributed by atoms with E-state index in [2.05, 4.69) is 16.9 Å². The Kier molecular flexibility index (Phi) is 6.46. The third kappa shape index (κ3) is 4.68. The first kappa shape index (κ1) is 24.9. The summed E-state index contributed by atoms with van der Waals surface area (Å²) >= 11 is 5.55. The van der Waals surface area contributed by atoms with E-state index in [-0.39, 0.29) is 16.9 Å². The van der Waals surface area contributed by atoms with Crippen molar-refractivity contribution in [3.63, 3.8) is 0 Å². The van der Waals surface area contributed by atoms with Gasteiger partial charge < -0.3 is 14.5 Å². The topological polar surface area (TPSA) is 72.7 Å². The number of benzene rings is 1. The van der Waals surface area contributed by atoms with E-state index >= 15 is 0 Å². The molecule has 3 heterocycles. The van der Waals surface area contributed by atoms with Crippen LogP contribution in [0.3, 0.4) is 0 Å². The van der Waals surface area contributed by atoms with Crippen LogP contribution in [-0.4, -0.2) is 52.7 Å². The van der Waals surface area contributed by atoms with Gasteiger partial charge in [-0.2, -0.15) is 18.4 Å². The predicted octanol–water partition coefficient (Wildman–Crippen LogP) is 4.36. The monoisotopic (exact) mass is 503 g/mol. The minimum absolute atomic E-state index is 0.0172. The highest BCUT2D eigenvalue weighted by atomic mass is 32.1. The summed E-state index contributed by atoms with van der Waals surface area (Å²) in [5.74, 6) is 0.189. The van der Waals surface area contributed by atoms with E-state index in [1.54, 1.807) is 43.0 Å². The molecule has 0 saturated carbocycles. The van der Waals surface area contributed by atoms with Gasteiger partial charge in [-0.3, -0.25) is 9.69 Å². The molecule has 2 aliphatic rings. The summed E-state index contributed by atoms with van der Waals surface area (Å²) in [5, 5.41) is 9.03. The zero-order valence-electron chi connectivity index (χ0n) is 19.5. The van der Waals surface area contributed by atoms with E-state index in [0.29, 0.717) is 11.4 Å². The molecule has 0 unspecified atom stereocenters. The summed E-state index contributed by atoms with van der Waals surface area (Å²) in [6.45, 7) is 5.23. The molecule has 0 atom stereocenters. The molecule has 0 N–H and O–H groups in total. The maximum absolute atomic E-state index is 13.5. The van der Waals surface area contributed by atoms with Gasteiger partial charge >= 0.3 is 6.18 Å². The number of pyridine rings is 1. The first-order valence-corrected chi connectivity index (χ1v) is 11.5. The van der Waals surface area contributed by atoms with Crippen LogP contribution in [0.4, 0.5) is 24.5 Å². The Bertz CT molecular complexity index is 1190. The Morgan fingerprint density at radius 1 is 1.17 bits per heavy atom. The first-order chi connectivity index (χ1) is 16.4. The second-order valence-corrected chi connectivity index (χ2v) is 9.50. The Balaban J connectivity index is 1.61. The van der Waals surface area contributed by atoms with Crippen molar-refractivity contribution < 1.29 is 22.7 Å². The van der Waals surface area contributed by atoms with Gasteiger partial charge in [-0.25, -0.2) is 4.98 Å². The normalized spacial score (nSPS) is 19.2. The lowest BCUT2D eigenvalue weighted by Gasteiger charge is -2.31. The van der Waals surface area contributed by atoms with Crippen LogP contribution in [0, 0.1) is 11.3 Å². The number of amides is 1. The number of ether oxygens (including phenoxy) is 1. The Morgan fingerprint density at radius 2 is 1.80 bits per heavy atom. The molecule has 0 bridgehead atoms. The van der Waals surface area contributed by atoms with E-state index in [0.717, 1.165) is 43.1 Å². The molecule has 1 amide bonds. The molecular weight excluding hydrogens is 479 g/mol. The van der Waals surface area contributed by atoms with Crippen molar-refractivity contribution in [3.05, 3.63) is 47.8 Å². The standard InChI is InChI=1S/C24H24F3N5O2S/c1-23(2)21(33)31(16-12-19(24(25,26)27)20(13-28)29-14-16)22(35)32(23)15-4-6-17(7-5-15)34-18-8-10-30(3)11-9-18/h4-7,12,14,18H,8-11H2,1-3H3. The van der Waals surface area contributed by atoms with Crippen molar-refractivity contribution >= 4 is 34.6 Å². The van der Waals surface area contributed by atoms with Gasteiger partial charge in [0.25, 0.3) is 5.91 Å². The molecule has 1 aromatic carbocycles. The molecule has 2 aromatic rings. The fraction of sp³-hybridized carbons (Fsp3) is 0.417. The van der Waals surface area contributed by atoms with E-state index in [9.17, 15) is 18.0 Å². The minimum Gasteiger partial charge on any atom is -0.490 e. The quantitative estimate of drug-likeness (QED) is 0.574. The zero-order valence-corrected chi connectivity index (χ0v) is 20.3. The Labute approximate surface area is 206 Å². The Morgan fingerprint density at radius 3 is 2.37 bits per heavy atom. The second kappa shape index (κ2) is 9.09. The molecule has 2 saturated heterocycles. The molecule has 1 aromatic heterocycles. The van der Waals surface area contributed by atoms with Gasteiger partial charge in [-0.1, -0.05) is 0 Å². The van der Waals surface area contributed by atoms with Crippen LogP contribution in [0.1, 0.15) is 37.9 Å². The van der Waals surface area contributed by atoms with Gasteiger partial charge in [0.2, 0.25) is 0 Å². The van der Waals surface area contributed by atoms with E-state index < -0.39 is 28.9 Å². The molecule has 7 nitrogen and oxygen atoms in total. The molecule has 0 spiro atoms. The average Bonchev–Trinajstić information content (AvgIpc) is 2.98. The van der Waals surface area contributed by atoms with Crippen LogP contribution < -0.4 is 14.5 Å². The van der Waals surface area contributed by atoms with Crippen LogP contribution in [0.25, 0.3) is 0 Å². The SMILES string of the molecule is CN1CCC(Oc2ccc(N3C(=S)N(c4cnc(C#N)c(C(F)(F)F)c4)C(=O)C3(C)C)cc2)CC1. The second-order valence-electron chi connectivity index (χ2n) is 9.13. The smallest absolute Gasteiger partial charge is 0.419 e. The van der Waals surface area contributed by atoms with Gasteiger partial charge in [-0.15, -0.1) is 0 Å². The van der Waals surface area contributed by atoms with Crippen molar-refractivity contribution in [2.45, 2.75) is 44.5 Å². The van der Waals surface area contributed by atoms with Gasteiger partial charge in [0.1, 0.15) is 23.5 Å². The molecule has 2 fully saturated rings. The van der Waals surface area contributed by atoms with E-state index in [1.165, 1.54) is 6.07 Å². The minimum atomic E-state index is -4.81. The maximum atomic E-state index is 13.5. The van der Waals surface area contributed by atoms with Crippen LogP contribution >= 0.6 is 12.2 Å². The average molecular weight is 504 g/mol. The third-order valence-electron chi connectivity index (χ3n) is 6.27. The number of carbonyl (C=O) groups is 1. The highest BCUT2D eigenvalue weighted by Crippen LogP contribution is 2.39. The van der Waals surface area contributed by atoms with Crippen molar-refractivity contribution in [2.24, 2.45) is 0 Å². The van der Waals surface area contributed by atoms with Crippen molar-refractivity contribution in [3.8, 4) is 11.8 Å². The summed E-state index contributed by atoms with van der Waals surface area (Å²) in [6, 6.07) is 9.30. The summed E-state index contributed by atoms with van der Waals surface area (Å²) in [4.78, 5) is 21.8. The van der Waals surface area contributed by atoms with Crippen LogP contribution in [0.5, 0.6) is 5.75 Å². The van der Waals surface area contributed by atoms with Crippen molar-refractivity contribution in [1.29, 1.82) is 5.26 Å². The van der Waals surface area contributed by atoms with Gasteiger partial charge in [0, 0.05) is 18.8 Å². The number of piperidine rings is 1. The zero-order chi connectivity index (χ0) is 25.5. The summed E-state index contributed by atoms with van der Waals surface area (Å²) in [6.07, 6.45) is -1.76. The Hall–Kier alpha value is -3.23. The molecule has 2 aliphatic heterocycles. The number of hydrogen-bond donors (Lipinski definition) is 0. The number of halogens is 3. The molecule has 11 heteroatoms. The van der Waals surface area contributed by atoms with Gasteiger partial charge in [-0.05, 0) is 76.3 Å². The molecule has 184 valence electrons. The van der Waals surface area contributed by atoms with E-state index in [4.69, 9.17) is 22.2 Å². The highest BCUT2D eigenvalue weighted by Gasteiger charge is 2.51. The molecule has 0 aliphatic carbocycles. The summed E-state index contributed by atoms with van der Waals surface area (Å²) < 4.78 is 46.5. The number of anilines is 2. The lowest BCUT2D eigenvalue weighted by molar-refractivity contribution is -0.138. The number of hydrogen-bond acceptors (Lipinski definition) is 6. The number of aromatic nitrogens is 1. The van der Waals surface area contributed by atoms with Crippen LogP contribution in [-0.2, 0) is 11.0 Å². The predicted molar refractivity (Wildman–Crippen MR) is 128 cm³/mol. The first-order valence-electron chi connectivity index (χ1n) is 11.0. The number of likely N-dealkylation sites (tertiary alicyclic amines) is 1. The molecule has 35 heavy (non-hydrogen) atoms. The van der Waals surface area contributed by atoms with Crippen LogP contribution in [0.15, 0.2) is 36.5 Å². The van der Waals surface area contributed by atoms with Gasteiger partial charge in [0.15, 0.2) is 10.8 Å². The lowest BCUT2D eigenvalue weighted by Crippen LogP contribution is -2.44. The fourth-order valence-electron chi connectivity index (χ4n) is 4.31. The summed E-state index contributed by atoms with van der Waals surface area (Å²) in [5.41, 5.74) is -2.71. The number of alkyl halides is 3. The number of nitriles is 1. The molecular formula is C24H24F3N5O2S. The van der Waals surface area contributed by atoms with E-state index in [1.807, 2.05) is 0 Å². The summed E-state index contributed by atoms with van der Waals surface area (Å²) in [7, 11) is 2.08. The van der Waals surface area contributed by atoms with Gasteiger partial charge in [0.05, 0.1) is 17.4 Å². The lowest BCUT2D eigenvalue weighted by atomic mass is 10.0. The maximum Gasteiger partial charge on any atom is 0.419 e. The number of thiocarbonyl (C=S) groups is 1. The van der Waals surface area contributed by atoms with Crippen molar-refractivity contribution in [2.75, 3.05) is 29.9 Å². The highest BCUT2D eigenvalue weighted by molar-refractivity contribution is 7.81. The third-order valence-corrected chi connectivity index (χ3v) is 6.64. The number of carbonyl (C=O) groups excluding carboxylic acids is 1. The fourth-order valence-corrected chi connectivity index (χ4v) is 4.83. The molecule has 0 radical (unpaired) electrons. The van der Waals surface area contributed by atoms with Crippen molar-refractivity contribution in [1.82, 2.24) is 9.88 Å². The van der Waals surface area contributed by atoms with Crippen LogP contribution in [0.2, 0.25) is 0 Å². The molecule has 4 rings (SSSR count). The number of rotatable bonds is 4. The number of nitrogens with zero attached hydrogens (tertiary/aromatic N) is 5.